The molecule has 1 aromatic heterocycles. The molecular formula is C24H22N2O3S. The third-order valence-electron chi connectivity index (χ3n) is 5.24. The van der Waals surface area contributed by atoms with Gasteiger partial charge in [0.1, 0.15) is 0 Å². The Kier molecular flexibility index (Phi) is 5.18. The average molecular weight is 419 g/mol. The molecule has 4 rings (SSSR count). The second-order valence-electron chi connectivity index (χ2n) is 7.47. The summed E-state index contributed by atoms with van der Waals surface area (Å²) in [4.78, 5) is 30.3. The molecule has 1 atom stereocenters. The molecular weight excluding hydrogens is 396 g/mol. The number of Topliss-reactive ketones (excluding diaryl/α,β-unsaturated/α-hetero) is 1. The van der Waals surface area contributed by atoms with Crippen LogP contribution in [0.2, 0.25) is 0 Å². The molecule has 2 aromatic carbocycles. The van der Waals surface area contributed by atoms with Crippen molar-refractivity contribution in [2.75, 3.05) is 23.9 Å². The summed E-state index contributed by atoms with van der Waals surface area (Å²) in [6, 6.07) is 17.9. The van der Waals surface area contributed by atoms with Gasteiger partial charge in [-0.2, -0.15) is 0 Å². The van der Waals surface area contributed by atoms with Gasteiger partial charge in [0.2, 0.25) is 5.78 Å². The molecule has 0 saturated carbocycles. The predicted molar refractivity (Wildman–Crippen MR) is 120 cm³/mol. The molecule has 152 valence electrons. The minimum Gasteiger partial charge on any atom is -0.503 e. The first kappa shape index (κ1) is 19.9. The van der Waals surface area contributed by atoms with Crippen LogP contribution in [0.1, 0.15) is 26.8 Å². The van der Waals surface area contributed by atoms with Crippen molar-refractivity contribution in [3.63, 3.8) is 0 Å². The van der Waals surface area contributed by atoms with E-state index in [2.05, 4.69) is 0 Å². The van der Waals surface area contributed by atoms with Crippen LogP contribution in [0.25, 0.3) is 0 Å². The Balaban J connectivity index is 1.85. The largest absolute Gasteiger partial charge is 0.503 e. The van der Waals surface area contributed by atoms with Gasteiger partial charge in [-0.3, -0.25) is 14.5 Å². The van der Waals surface area contributed by atoms with Crippen LogP contribution in [0.5, 0.6) is 0 Å². The number of hydrogen-bond acceptors (Lipinski definition) is 5. The van der Waals surface area contributed by atoms with Crippen LogP contribution in [0, 0.1) is 6.92 Å². The van der Waals surface area contributed by atoms with E-state index in [0.29, 0.717) is 10.6 Å². The lowest BCUT2D eigenvalue weighted by atomic mass is 9.95. The molecule has 30 heavy (non-hydrogen) atoms. The van der Waals surface area contributed by atoms with E-state index in [1.807, 2.05) is 74.4 Å². The van der Waals surface area contributed by atoms with Gasteiger partial charge in [0.25, 0.3) is 5.91 Å². The molecule has 0 radical (unpaired) electrons. The maximum Gasteiger partial charge on any atom is 0.294 e. The van der Waals surface area contributed by atoms with E-state index in [1.165, 1.54) is 16.2 Å². The Bertz CT molecular complexity index is 1110. The second kappa shape index (κ2) is 7.80. The van der Waals surface area contributed by atoms with Crippen LogP contribution in [-0.4, -0.2) is 30.9 Å². The molecule has 1 aliphatic rings. The second-order valence-corrected chi connectivity index (χ2v) is 8.42. The molecule has 0 spiro atoms. The summed E-state index contributed by atoms with van der Waals surface area (Å²) < 4.78 is 0. The summed E-state index contributed by atoms with van der Waals surface area (Å²) in [6.07, 6.45) is 0. The number of aliphatic hydroxyl groups excluding tert-OH is 1. The first-order valence-electron chi connectivity index (χ1n) is 9.57. The number of ketones is 1. The highest BCUT2D eigenvalue weighted by Crippen LogP contribution is 2.42. The smallest absolute Gasteiger partial charge is 0.294 e. The summed E-state index contributed by atoms with van der Waals surface area (Å²) in [6.45, 7) is 1.97. The number of carbonyl (C=O) groups is 2. The Morgan fingerprint density at radius 1 is 1.03 bits per heavy atom. The maximum absolute atomic E-state index is 13.3. The van der Waals surface area contributed by atoms with Gasteiger partial charge in [-0.15, -0.1) is 11.3 Å². The fraction of sp³-hybridized carbons (Fsp3) is 0.167. The lowest BCUT2D eigenvalue weighted by Gasteiger charge is -2.27. The Morgan fingerprint density at radius 3 is 2.27 bits per heavy atom. The third kappa shape index (κ3) is 3.39. The third-order valence-corrected chi connectivity index (χ3v) is 6.10. The number of benzene rings is 2. The van der Waals surface area contributed by atoms with Crippen LogP contribution in [0.4, 0.5) is 11.4 Å². The number of thiophene rings is 1. The zero-order valence-corrected chi connectivity index (χ0v) is 17.8. The molecule has 0 aliphatic carbocycles. The number of carbonyl (C=O) groups excluding carboxylic acids is 2. The van der Waals surface area contributed by atoms with E-state index in [-0.39, 0.29) is 11.4 Å². The van der Waals surface area contributed by atoms with Gasteiger partial charge < -0.3 is 10.0 Å². The summed E-state index contributed by atoms with van der Waals surface area (Å²) >= 11 is 1.29. The first-order chi connectivity index (χ1) is 14.4. The van der Waals surface area contributed by atoms with Gasteiger partial charge >= 0.3 is 0 Å². The molecule has 0 fully saturated rings. The first-order valence-corrected chi connectivity index (χ1v) is 10.5. The van der Waals surface area contributed by atoms with Crippen molar-refractivity contribution >= 4 is 34.4 Å². The Labute approximate surface area is 179 Å². The number of aliphatic hydroxyl groups is 1. The standard InChI is InChI=1S/C24H22N2O3S/c1-15-6-10-18(11-7-15)26-21(16-8-12-17(13-9-16)25(2)3)20(23(28)24(26)29)22(27)19-5-4-14-30-19/h4-14,21,28H,1-3H3. The van der Waals surface area contributed by atoms with Crippen LogP contribution in [0.15, 0.2) is 77.4 Å². The number of hydrogen-bond donors (Lipinski definition) is 1. The molecule has 1 aliphatic heterocycles. The summed E-state index contributed by atoms with van der Waals surface area (Å²) in [5.41, 5.74) is 3.57. The van der Waals surface area contributed by atoms with Crippen molar-refractivity contribution in [3.8, 4) is 0 Å². The Morgan fingerprint density at radius 2 is 1.70 bits per heavy atom. The normalized spacial score (nSPS) is 16.3. The maximum atomic E-state index is 13.3. The molecule has 0 bridgehead atoms. The molecule has 5 nitrogen and oxygen atoms in total. The van der Waals surface area contributed by atoms with Crippen molar-refractivity contribution < 1.29 is 14.7 Å². The Hall–Kier alpha value is -3.38. The van der Waals surface area contributed by atoms with E-state index < -0.39 is 17.7 Å². The van der Waals surface area contributed by atoms with E-state index >= 15 is 0 Å². The molecule has 2 heterocycles. The van der Waals surface area contributed by atoms with Crippen molar-refractivity contribution in [2.45, 2.75) is 13.0 Å². The van der Waals surface area contributed by atoms with Gasteiger partial charge in [0.15, 0.2) is 5.76 Å². The predicted octanol–water partition coefficient (Wildman–Crippen LogP) is 4.91. The van der Waals surface area contributed by atoms with Crippen LogP contribution in [0.3, 0.4) is 0 Å². The fourth-order valence-corrected chi connectivity index (χ4v) is 4.30. The zero-order chi connectivity index (χ0) is 21.4. The van der Waals surface area contributed by atoms with Gasteiger partial charge in [-0.05, 0) is 48.2 Å². The number of aryl methyl sites for hydroxylation is 1. The minimum absolute atomic E-state index is 0.112. The highest BCUT2D eigenvalue weighted by atomic mass is 32.1. The molecule has 0 saturated heterocycles. The quantitative estimate of drug-likeness (QED) is 0.599. The average Bonchev–Trinajstić information content (AvgIpc) is 3.36. The summed E-state index contributed by atoms with van der Waals surface area (Å²) in [5.74, 6) is -1.39. The molecule has 1 amide bonds. The SMILES string of the molecule is Cc1ccc(N2C(=O)C(O)=C(C(=O)c3cccs3)C2c2ccc(N(C)C)cc2)cc1. The van der Waals surface area contributed by atoms with Crippen molar-refractivity contribution in [3.05, 3.63) is 93.4 Å². The van der Waals surface area contributed by atoms with E-state index in [4.69, 9.17) is 0 Å². The van der Waals surface area contributed by atoms with Gasteiger partial charge in [-0.1, -0.05) is 35.9 Å². The minimum atomic E-state index is -0.703. The topological polar surface area (TPSA) is 60.9 Å². The monoisotopic (exact) mass is 418 g/mol. The molecule has 3 aromatic rings. The number of anilines is 2. The summed E-state index contributed by atoms with van der Waals surface area (Å²) in [7, 11) is 3.90. The van der Waals surface area contributed by atoms with Crippen LogP contribution in [-0.2, 0) is 4.79 Å². The molecule has 6 heteroatoms. The van der Waals surface area contributed by atoms with Gasteiger partial charge in [-0.25, -0.2) is 0 Å². The van der Waals surface area contributed by atoms with Crippen molar-refractivity contribution in [1.82, 2.24) is 0 Å². The van der Waals surface area contributed by atoms with E-state index in [9.17, 15) is 14.7 Å². The van der Waals surface area contributed by atoms with Crippen molar-refractivity contribution in [1.29, 1.82) is 0 Å². The number of amides is 1. The fourth-order valence-electron chi connectivity index (χ4n) is 3.62. The highest BCUT2D eigenvalue weighted by Gasteiger charge is 2.44. The lowest BCUT2D eigenvalue weighted by molar-refractivity contribution is -0.117. The summed E-state index contributed by atoms with van der Waals surface area (Å²) in [5, 5.41) is 12.6. The van der Waals surface area contributed by atoms with Gasteiger partial charge in [0.05, 0.1) is 16.5 Å². The van der Waals surface area contributed by atoms with Crippen LogP contribution >= 0.6 is 11.3 Å². The lowest BCUT2D eigenvalue weighted by Crippen LogP contribution is -2.31. The number of rotatable bonds is 5. The van der Waals surface area contributed by atoms with Crippen LogP contribution < -0.4 is 9.80 Å². The van der Waals surface area contributed by atoms with E-state index in [0.717, 1.165) is 16.8 Å². The molecule has 1 unspecified atom stereocenters. The number of nitrogens with zero attached hydrogens (tertiary/aromatic N) is 2. The zero-order valence-electron chi connectivity index (χ0n) is 17.0. The van der Waals surface area contributed by atoms with Gasteiger partial charge in [0, 0.05) is 25.5 Å². The highest BCUT2D eigenvalue weighted by molar-refractivity contribution is 7.12. The van der Waals surface area contributed by atoms with Crippen molar-refractivity contribution in [2.24, 2.45) is 0 Å². The van der Waals surface area contributed by atoms with E-state index in [1.54, 1.807) is 17.5 Å². The molecule has 1 N–H and O–H groups in total.